The number of hydrogen-bond acceptors (Lipinski definition) is 8. The zero-order chi connectivity index (χ0) is 27.0. The van der Waals surface area contributed by atoms with Crippen LogP contribution in [0, 0.1) is 0 Å². The Bertz CT molecular complexity index is 1210. The summed E-state index contributed by atoms with van der Waals surface area (Å²) < 4.78 is 49.4. The maximum absolute atomic E-state index is 13.5. The number of carbonyl (C=O) groups is 1. The minimum Gasteiger partial charge on any atom is -0.493 e. The molecule has 0 bridgehead atoms. The minimum atomic E-state index is -3.56. The minimum absolute atomic E-state index is 0.0720. The van der Waals surface area contributed by atoms with Gasteiger partial charge in [0.1, 0.15) is 0 Å². The summed E-state index contributed by atoms with van der Waals surface area (Å²) in [4.78, 5) is 13.5. The molecule has 2 aromatic rings. The van der Waals surface area contributed by atoms with Crippen molar-refractivity contribution in [3.63, 3.8) is 0 Å². The number of rotatable bonds is 11. The van der Waals surface area contributed by atoms with E-state index in [9.17, 15) is 13.2 Å². The first-order valence-corrected chi connectivity index (χ1v) is 13.5. The van der Waals surface area contributed by atoms with Crippen molar-refractivity contribution in [2.45, 2.75) is 25.3 Å². The molecule has 0 saturated heterocycles. The van der Waals surface area contributed by atoms with Gasteiger partial charge < -0.3 is 24.7 Å². The molecule has 37 heavy (non-hydrogen) atoms. The second-order valence-corrected chi connectivity index (χ2v) is 10.5. The second kappa shape index (κ2) is 12.8. The predicted octanol–water partition coefficient (Wildman–Crippen LogP) is 3.19. The molecule has 0 aromatic heterocycles. The topological polar surface area (TPSA) is 126 Å². The van der Waals surface area contributed by atoms with Crippen molar-refractivity contribution in [1.29, 1.82) is 0 Å². The van der Waals surface area contributed by atoms with Crippen molar-refractivity contribution in [3.8, 4) is 23.0 Å². The van der Waals surface area contributed by atoms with Gasteiger partial charge >= 0.3 is 0 Å². The fourth-order valence-electron chi connectivity index (χ4n) is 4.20. The van der Waals surface area contributed by atoms with Gasteiger partial charge in [-0.25, -0.2) is 13.1 Å². The molecule has 9 nitrogen and oxygen atoms in total. The van der Waals surface area contributed by atoms with E-state index in [1.165, 1.54) is 14.2 Å². The third-order valence-electron chi connectivity index (χ3n) is 5.98. The van der Waals surface area contributed by atoms with Crippen LogP contribution in [-0.2, 0) is 14.8 Å². The van der Waals surface area contributed by atoms with Crippen LogP contribution >= 0.6 is 0 Å². The predicted molar refractivity (Wildman–Crippen MR) is 144 cm³/mol. The molecule has 3 rings (SSSR count). The number of nitrogens with one attached hydrogen (secondary N) is 1. The summed E-state index contributed by atoms with van der Waals surface area (Å²) >= 11 is 0. The van der Waals surface area contributed by atoms with E-state index in [0.717, 1.165) is 11.1 Å². The van der Waals surface area contributed by atoms with E-state index in [-0.39, 0.29) is 30.9 Å². The number of benzene rings is 2. The number of nitrogens with two attached hydrogens (primary N) is 1. The first kappa shape index (κ1) is 28.2. The summed E-state index contributed by atoms with van der Waals surface area (Å²) in [6, 6.07) is 10.2. The molecule has 0 spiro atoms. The van der Waals surface area contributed by atoms with Gasteiger partial charge in [-0.15, -0.1) is 0 Å². The van der Waals surface area contributed by atoms with Gasteiger partial charge in [-0.3, -0.25) is 4.79 Å². The molecule has 0 heterocycles. The van der Waals surface area contributed by atoms with Gasteiger partial charge in [0.25, 0.3) is 0 Å². The van der Waals surface area contributed by atoms with Gasteiger partial charge in [0, 0.05) is 17.2 Å². The van der Waals surface area contributed by atoms with Gasteiger partial charge in [-0.2, -0.15) is 0 Å². The SMILES string of the molecule is COc1ccc(/C=C2\CC(NS(=O)(=O)CCCN)C/C(=C\c3ccc(OC)c(OC)c3)C2=O)cc1OC. The lowest BCUT2D eigenvalue weighted by Gasteiger charge is -2.26. The highest BCUT2D eigenvalue weighted by molar-refractivity contribution is 7.89. The van der Waals surface area contributed by atoms with Gasteiger partial charge in [0.15, 0.2) is 28.8 Å². The third kappa shape index (κ3) is 7.34. The maximum Gasteiger partial charge on any atom is 0.211 e. The van der Waals surface area contributed by atoms with Crippen molar-refractivity contribution in [2.75, 3.05) is 40.7 Å². The number of ketones is 1. The molecule has 0 amide bonds. The van der Waals surface area contributed by atoms with E-state index in [1.54, 1.807) is 50.6 Å². The fourth-order valence-corrected chi connectivity index (χ4v) is 5.54. The molecular formula is C27H34N2O7S. The van der Waals surface area contributed by atoms with E-state index >= 15 is 0 Å². The highest BCUT2D eigenvalue weighted by Gasteiger charge is 2.30. The summed E-state index contributed by atoms with van der Waals surface area (Å²) in [6.07, 6.45) is 4.36. The highest BCUT2D eigenvalue weighted by atomic mass is 32.2. The Morgan fingerprint density at radius 1 is 0.838 bits per heavy atom. The quantitative estimate of drug-likeness (QED) is 0.424. The van der Waals surface area contributed by atoms with Crippen LogP contribution in [0.15, 0.2) is 47.5 Å². The Hall–Kier alpha value is -3.34. The van der Waals surface area contributed by atoms with E-state index in [4.69, 9.17) is 24.7 Å². The normalized spacial score (nSPS) is 18.2. The van der Waals surface area contributed by atoms with Crippen LogP contribution in [-0.4, -0.2) is 61.0 Å². The lowest BCUT2D eigenvalue weighted by atomic mass is 9.84. The lowest BCUT2D eigenvalue weighted by Crippen LogP contribution is -2.40. The second-order valence-electron chi connectivity index (χ2n) is 8.58. The first-order valence-electron chi connectivity index (χ1n) is 11.8. The molecule has 1 aliphatic rings. The molecular weight excluding hydrogens is 496 g/mol. The Morgan fingerprint density at radius 2 is 1.30 bits per heavy atom. The van der Waals surface area contributed by atoms with Crippen LogP contribution in [0.4, 0.5) is 0 Å². The molecule has 0 unspecified atom stereocenters. The largest absolute Gasteiger partial charge is 0.493 e. The molecule has 1 fully saturated rings. The van der Waals surface area contributed by atoms with Crippen LogP contribution < -0.4 is 29.4 Å². The average molecular weight is 531 g/mol. The van der Waals surface area contributed by atoms with Crippen molar-refractivity contribution in [2.24, 2.45) is 5.73 Å². The summed E-state index contributed by atoms with van der Waals surface area (Å²) in [5.41, 5.74) is 7.93. The summed E-state index contributed by atoms with van der Waals surface area (Å²) in [7, 11) is 2.61. The van der Waals surface area contributed by atoms with Gasteiger partial charge in [0.2, 0.25) is 10.0 Å². The molecule has 0 radical (unpaired) electrons. The number of Topliss-reactive ketones (excluding diaryl/α,β-unsaturated/α-hetero) is 1. The van der Waals surface area contributed by atoms with E-state index in [1.807, 2.05) is 12.1 Å². The number of ether oxygens (including phenoxy) is 4. The Labute approximate surface area is 218 Å². The first-order chi connectivity index (χ1) is 17.7. The standard InChI is InChI=1S/C27H34N2O7S/c1-33-23-8-6-18(14-25(23)35-3)12-20-16-22(29-37(31,32)11-5-10-28)17-21(27(20)30)13-19-7-9-24(34-2)26(15-19)36-4/h6-9,12-15,22,29H,5,10-11,16-17,28H2,1-4H3/b20-12+,21-13+. The van der Waals surface area contributed by atoms with Crippen LogP contribution in [0.25, 0.3) is 12.2 Å². The number of sulfonamides is 1. The third-order valence-corrected chi connectivity index (χ3v) is 7.49. The van der Waals surface area contributed by atoms with Crippen molar-refractivity contribution >= 4 is 28.0 Å². The smallest absolute Gasteiger partial charge is 0.211 e. The van der Waals surface area contributed by atoms with Crippen LogP contribution in [0.1, 0.15) is 30.4 Å². The van der Waals surface area contributed by atoms with Gasteiger partial charge in [-0.05, 0) is 73.4 Å². The molecule has 0 aliphatic heterocycles. The molecule has 1 aliphatic carbocycles. The number of methoxy groups -OCH3 is 4. The monoisotopic (exact) mass is 530 g/mol. The van der Waals surface area contributed by atoms with Crippen LogP contribution in [0.5, 0.6) is 23.0 Å². The van der Waals surface area contributed by atoms with Crippen molar-refractivity contribution < 1.29 is 32.2 Å². The number of carbonyl (C=O) groups excluding carboxylic acids is 1. The summed E-state index contributed by atoms with van der Waals surface area (Å²) in [5.74, 6) is 1.97. The molecule has 2 aromatic carbocycles. The fraction of sp³-hybridized carbons (Fsp3) is 0.370. The van der Waals surface area contributed by atoms with Crippen LogP contribution in [0.3, 0.4) is 0 Å². The highest BCUT2D eigenvalue weighted by Crippen LogP contribution is 2.34. The summed E-state index contributed by atoms with van der Waals surface area (Å²) in [5, 5.41) is 0. The van der Waals surface area contributed by atoms with E-state index in [0.29, 0.717) is 40.6 Å². The molecule has 1 saturated carbocycles. The van der Waals surface area contributed by atoms with E-state index in [2.05, 4.69) is 4.72 Å². The molecule has 200 valence electrons. The Balaban J connectivity index is 2.01. The zero-order valence-corrected chi connectivity index (χ0v) is 22.4. The van der Waals surface area contributed by atoms with Gasteiger partial charge in [0.05, 0.1) is 34.2 Å². The van der Waals surface area contributed by atoms with Crippen molar-refractivity contribution in [1.82, 2.24) is 4.72 Å². The number of hydrogen-bond donors (Lipinski definition) is 2. The zero-order valence-electron chi connectivity index (χ0n) is 21.6. The van der Waals surface area contributed by atoms with Crippen molar-refractivity contribution in [3.05, 3.63) is 58.7 Å². The molecule has 10 heteroatoms. The summed E-state index contributed by atoms with van der Waals surface area (Å²) in [6.45, 7) is 0.277. The lowest BCUT2D eigenvalue weighted by molar-refractivity contribution is -0.113. The Kier molecular flexibility index (Phi) is 9.73. The molecule has 3 N–H and O–H groups in total. The maximum atomic E-state index is 13.5. The van der Waals surface area contributed by atoms with Crippen LogP contribution in [0.2, 0.25) is 0 Å². The van der Waals surface area contributed by atoms with Gasteiger partial charge in [-0.1, -0.05) is 12.1 Å². The van der Waals surface area contributed by atoms with E-state index < -0.39 is 16.1 Å². The average Bonchev–Trinajstić information content (AvgIpc) is 2.89. The Morgan fingerprint density at radius 3 is 1.70 bits per heavy atom. The molecule has 0 atom stereocenters.